The van der Waals surface area contributed by atoms with E-state index in [1.165, 1.54) is 25.7 Å². The molecule has 5 nitrogen and oxygen atoms in total. The molecule has 5 heteroatoms. The molecule has 2 aromatic rings. The average Bonchev–Trinajstić information content (AvgIpc) is 2.78. The molecule has 0 unspecified atom stereocenters. The third kappa shape index (κ3) is 3.31. The van der Waals surface area contributed by atoms with E-state index in [4.69, 9.17) is 10.3 Å². The minimum Gasteiger partial charge on any atom is -0.493 e. The van der Waals surface area contributed by atoms with E-state index < -0.39 is 16.2 Å². The maximum atomic E-state index is 12.1. The zero-order chi connectivity index (χ0) is 15.9. The molecule has 0 fully saturated rings. The van der Waals surface area contributed by atoms with Gasteiger partial charge in [-0.3, -0.25) is 9.59 Å². The SMILES string of the molecule is CCCCCCCCOc1cccc2c(=O)c(=[N+]=[N-])c(=O)c12. The van der Waals surface area contributed by atoms with E-state index in [2.05, 4.69) is 11.7 Å². The Morgan fingerprint density at radius 1 is 1.05 bits per heavy atom. The lowest BCUT2D eigenvalue weighted by atomic mass is 10.1. The van der Waals surface area contributed by atoms with Crippen molar-refractivity contribution in [3.63, 3.8) is 0 Å². The molecule has 0 N–H and O–H groups in total. The molecule has 0 atom stereocenters. The average molecular weight is 300 g/mol. The number of hydrogen-bond acceptors (Lipinski definition) is 3. The Hall–Kier alpha value is -2.26. The number of fused-ring (bicyclic) bond motifs is 1. The summed E-state index contributed by atoms with van der Waals surface area (Å²) in [6.07, 6.45) is 6.90. The van der Waals surface area contributed by atoms with Crippen molar-refractivity contribution in [1.29, 1.82) is 0 Å². The van der Waals surface area contributed by atoms with Gasteiger partial charge >= 0.3 is 5.36 Å². The van der Waals surface area contributed by atoms with Gasteiger partial charge in [-0.05, 0) is 18.6 Å². The van der Waals surface area contributed by atoms with Crippen LogP contribution in [0.25, 0.3) is 16.3 Å². The number of ether oxygens (including phenoxy) is 1. The molecule has 0 saturated carbocycles. The largest absolute Gasteiger partial charge is 0.493 e. The van der Waals surface area contributed by atoms with Gasteiger partial charge in [-0.2, -0.15) is 4.79 Å². The number of hydrogen-bond donors (Lipinski definition) is 0. The van der Waals surface area contributed by atoms with E-state index >= 15 is 0 Å². The molecule has 0 amide bonds. The van der Waals surface area contributed by atoms with Crippen LogP contribution in [0.5, 0.6) is 5.75 Å². The molecular formula is C17H20N2O3. The third-order valence-electron chi connectivity index (χ3n) is 3.78. The Bertz CT molecular complexity index is 813. The molecule has 2 aromatic carbocycles. The molecule has 0 aliphatic carbocycles. The minimum absolute atomic E-state index is 0.214. The lowest BCUT2D eigenvalue weighted by Gasteiger charge is -2.06. The first-order valence-corrected chi connectivity index (χ1v) is 7.78. The fourth-order valence-electron chi connectivity index (χ4n) is 2.58. The zero-order valence-corrected chi connectivity index (χ0v) is 12.8. The molecule has 116 valence electrons. The summed E-state index contributed by atoms with van der Waals surface area (Å²) in [4.78, 5) is 26.8. The predicted octanol–water partition coefficient (Wildman–Crippen LogP) is 2.31. The monoisotopic (exact) mass is 300 g/mol. The minimum atomic E-state index is -0.568. The van der Waals surface area contributed by atoms with E-state index in [1.807, 2.05) is 0 Å². The summed E-state index contributed by atoms with van der Waals surface area (Å²) < 4.78 is 5.66. The summed E-state index contributed by atoms with van der Waals surface area (Å²) in [5, 5.41) is 0.0233. The summed E-state index contributed by atoms with van der Waals surface area (Å²) in [7, 11) is 0. The second kappa shape index (κ2) is 7.66. The molecule has 0 aromatic heterocycles. The number of nitrogens with zero attached hydrogens (tertiary/aromatic N) is 2. The van der Waals surface area contributed by atoms with Crippen LogP contribution in [0.4, 0.5) is 0 Å². The van der Waals surface area contributed by atoms with Gasteiger partial charge in [0.25, 0.3) is 10.9 Å². The van der Waals surface area contributed by atoms with Crippen LogP contribution in [-0.2, 0) is 0 Å². The quantitative estimate of drug-likeness (QED) is 0.426. The van der Waals surface area contributed by atoms with Crippen molar-refractivity contribution in [1.82, 2.24) is 0 Å². The van der Waals surface area contributed by atoms with Crippen LogP contribution in [0.3, 0.4) is 0 Å². The van der Waals surface area contributed by atoms with Gasteiger partial charge in [-0.25, -0.2) is 0 Å². The van der Waals surface area contributed by atoms with Crippen molar-refractivity contribution in [3.8, 4) is 5.75 Å². The van der Waals surface area contributed by atoms with Crippen molar-refractivity contribution in [2.24, 2.45) is 0 Å². The molecule has 0 heterocycles. The van der Waals surface area contributed by atoms with Gasteiger partial charge in [0.15, 0.2) is 0 Å². The molecule has 0 bridgehead atoms. The van der Waals surface area contributed by atoms with Gasteiger partial charge in [0.1, 0.15) is 5.75 Å². The topological polar surface area (TPSA) is 79.8 Å². The molecule has 0 aliphatic heterocycles. The Morgan fingerprint density at radius 3 is 2.50 bits per heavy atom. The maximum absolute atomic E-state index is 12.1. The first kappa shape index (κ1) is 16.1. The van der Waals surface area contributed by atoms with Gasteiger partial charge in [0.05, 0.1) is 12.0 Å². The summed E-state index contributed by atoms with van der Waals surface area (Å²) in [6.45, 7) is 2.69. The predicted molar refractivity (Wildman–Crippen MR) is 84.5 cm³/mol. The van der Waals surface area contributed by atoms with Gasteiger partial charge in [0, 0.05) is 5.39 Å². The Labute approximate surface area is 128 Å². The molecular weight excluding hydrogens is 280 g/mol. The van der Waals surface area contributed by atoms with Gasteiger partial charge in [0.2, 0.25) is 0 Å². The second-order valence-corrected chi connectivity index (χ2v) is 5.40. The van der Waals surface area contributed by atoms with Crippen LogP contribution in [0.2, 0.25) is 0 Å². The Kier molecular flexibility index (Phi) is 5.61. The van der Waals surface area contributed by atoms with Gasteiger partial charge < -0.3 is 10.3 Å². The maximum Gasteiger partial charge on any atom is 0.410 e. The summed E-state index contributed by atoms with van der Waals surface area (Å²) in [5.41, 5.74) is 7.68. The molecule has 0 spiro atoms. The highest BCUT2D eigenvalue weighted by Gasteiger charge is 2.19. The van der Waals surface area contributed by atoms with Gasteiger partial charge in [-0.1, -0.05) is 45.1 Å². The van der Waals surface area contributed by atoms with Crippen LogP contribution in [0, 0.1) is 0 Å². The molecule has 0 aliphatic rings. The van der Waals surface area contributed by atoms with E-state index in [-0.39, 0.29) is 10.8 Å². The lowest BCUT2D eigenvalue weighted by Crippen LogP contribution is -2.32. The molecule has 0 radical (unpaired) electrons. The van der Waals surface area contributed by atoms with Crippen LogP contribution < -0.4 is 21.0 Å². The highest BCUT2D eigenvalue weighted by Crippen LogP contribution is 2.20. The van der Waals surface area contributed by atoms with Crippen molar-refractivity contribution in [3.05, 3.63) is 49.5 Å². The standard InChI is InChI=1S/C17H20N2O3/c1-2-3-4-5-6-7-11-22-13-10-8-9-12-14(13)17(21)15(19-18)16(12)20/h8-10H,2-7,11H2,1H3. The van der Waals surface area contributed by atoms with Crippen molar-refractivity contribution in [2.75, 3.05) is 6.61 Å². The Balaban J connectivity index is 2.08. The fourth-order valence-corrected chi connectivity index (χ4v) is 2.58. The van der Waals surface area contributed by atoms with Gasteiger partial charge in [-0.15, -0.1) is 0 Å². The molecule has 22 heavy (non-hydrogen) atoms. The molecule has 0 saturated heterocycles. The molecule has 2 rings (SSSR count). The zero-order valence-electron chi connectivity index (χ0n) is 12.8. The summed E-state index contributed by atoms with van der Waals surface area (Å²) in [5.74, 6) is 0.392. The number of rotatable bonds is 8. The summed E-state index contributed by atoms with van der Waals surface area (Å²) in [6, 6.07) is 4.88. The van der Waals surface area contributed by atoms with Crippen molar-refractivity contribution >= 4 is 10.8 Å². The van der Waals surface area contributed by atoms with E-state index in [0.29, 0.717) is 12.4 Å². The first-order chi connectivity index (χ1) is 10.7. The number of unbranched alkanes of at least 4 members (excludes halogenated alkanes) is 5. The van der Waals surface area contributed by atoms with Crippen LogP contribution >= 0.6 is 0 Å². The first-order valence-electron chi connectivity index (χ1n) is 7.78. The highest BCUT2D eigenvalue weighted by atomic mass is 16.5. The van der Waals surface area contributed by atoms with E-state index in [9.17, 15) is 9.59 Å². The summed E-state index contributed by atoms with van der Waals surface area (Å²) >= 11 is 0. The van der Waals surface area contributed by atoms with Crippen LogP contribution in [0.15, 0.2) is 27.8 Å². The van der Waals surface area contributed by atoms with E-state index in [0.717, 1.165) is 12.8 Å². The van der Waals surface area contributed by atoms with Crippen LogP contribution in [-0.4, -0.2) is 11.4 Å². The van der Waals surface area contributed by atoms with Crippen molar-refractivity contribution < 1.29 is 9.53 Å². The number of benzene rings is 1. The smallest absolute Gasteiger partial charge is 0.410 e. The second-order valence-electron chi connectivity index (χ2n) is 5.40. The third-order valence-corrected chi connectivity index (χ3v) is 3.78. The Morgan fingerprint density at radius 2 is 1.77 bits per heavy atom. The van der Waals surface area contributed by atoms with Crippen molar-refractivity contribution in [2.45, 2.75) is 45.4 Å². The fraction of sp³-hybridized carbons (Fsp3) is 0.471. The van der Waals surface area contributed by atoms with E-state index in [1.54, 1.807) is 18.2 Å². The lowest BCUT2D eigenvalue weighted by molar-refractivity contribution is -0.0674. The van der Waals surface area contributed by atoms with Crippen LogP contribution in [0.1, 0.15) is 45.4 Å². The normalized spacial score (nSPS) is 10.8. The highest BCUT2D eigenvalue weighted by molar-refractivity contribution is 5.88.